The van der Waals surface area contributed by atoms with Crippen molar-refractivity contribution in [2.75, 3.05) is 27.2 Å². The normalized spacial score (nSPS) is 10.8. The lowest BCUT2D eigenvalue weighted by Crippen LogP contribution is -2.15. The van der Waals surface area contributed by atoms with Crippen LogP contribution in [0.15, 0.2) is 21.1 Å². The molecule has 0 spiro atoms. The zero-order valence-corrected chi connectivity index (χ0v) is 14.8. The highest BCUT2D eigenvalue weighted by molar-refractivity contribution is 9.11. The molecule has 4 nitrogen and oxygen atoms in total. The van der Waals surface area contributed by atoms with Gasteiger partial charge in [0, 0.05) is 13.0 Å². The van der Waals surface area contributed by atoms with Gasteiger partial charge in [-0.25, -0.2) is 0 Å². The van der Waals surface area contributed by atoms with Gasteiger partial charge in [0.05, 0.1) is 15.6 Å². The van der Waals surface area contributed by atoms with E-state index in [1.807, 2.05) is 26.2 Å². The van der Waals surface area contributed by atoms with E-state index in [0.717, 1.165) is 33.2 Å². The maximum absolute atomic E-state index is 10.6. The highest BCUT2D eigenvalue weighted by atomic mass is 79.9. The third kappa shape index (κ3) is 6.24. The van der Waals surface area contributed by atoms with E-state index in [9.17, 15) is 4.79 Å². The molecule has 0 aliphatic heterocycles. The number of aliphatic carboxylic acids is 1. The zero-order valence-electron chi connectivity index (χ0n) is 11.7. The van der Waals surface area contributed by atoms with Gasteiger partial charge in [0.15, 0.2) is 0 Å². The topological polar surface area (TPSA) is 49.8 Å². The van der Waals surface area contributed by atoms with Gasteiger partial charge in [-0.15, -0.1) is 0 Å². The van der Waals surface area contributed by atoms with Crippen molar-refractivity contribution in [1.82, 2.24) is 4.90 Å². The Kier molecular flexibility index (Phi) is 7.55. The maximum Gasteiger partial charge on any atom is 0.303 e. The second-order valence-electron chi connectivity index (χ2n) is 4.79. The van der Waals surface area contributed by atoms with E-state index in [0.29, 0.717) is 13.0 Å². The molecule has 0 atom stereocenters. The molecule has 1 aromatic rings. The van der Waals surface area contributed by atoms with Gasteiger partial charge >= 0.3 is 5.97 Å². The average molecular weight is 409 g/mol. The Morgan fingerprint density at radius 2 is 1.90 bits per heavy atom. The molecule has 0 fully saturated rings. The Bertz CT molecular complexity index is 441. The zero-order chi connectivity index (χ0) is 15.1. The number of carboxylic acid groups (broad SMARTS) is 1. The van der Waals surface area contributed by atoms with E-state index < -0.39 is 5.97 Å². The highest BCUT2D eigenvalue weighted by Gasteiger charge is 2.10. The first kappa shape index (κ1) is 17.5. The van der Waals surface area contributed by atoms with Crippen LogP contribution in [-0.4, -0.2) is 43.2 Å². The number of carbonyl (C=O) groups is 1. The Hall–Kier alpha value is -0.590. The largest absolute Gasteiger partial charge is 0.491 e. The van der Waals surface area contributed by atoms with E-state index in [1.54, 1.807) is 0 Å². The fraction of sp³-hybridized carbons (Fsp3) is 0.500. The lowest BCUT2D eigenvalue weighted by atomic mass is 10.1. The third-order valence-corrected chi connectivity index (χ3v) is 3.86. The molecule has 112 valence electrons. The van der Waals surface area contributed by atoms with E-state index in [1.165, 1.54) is 0 Å². The fourth-order valence-corrected chi connectivity index (χ4v) is 3.21. The summed E-state index contributed by atoms with van der Waals surface area (Å²) in [5, 5.41) is 8.70. The molecule has 1 aromatic carbocycles. The average Bonchev–Trinajstić information content (AvgIpc) is 2.34. The van der Waals surface area contributed by atoms with Gasteiger partial charge in [-0.2, -0.15) is 0 Å². The van der Waals surface area contributed by atoms with Crippen LogP contribution in [0.3, 0.4) is 0 Å². The first-order valence-corrected chi connectivity index (χ1v) is 7.96. The van der Waals surface area contributed by atoms with Crippen molar-refractivity contribution in [2.24, 2.45) is 0 Å². The van der Waals surface area contributed by atoms with E-state index in [2.05, 4.69) is 36.8 Å². The smallest absolute Gasteiger partial charge is 0.303 e. The summed E-state index contributed by atoms with van der Waals surface area (Å²) < 4.78 is 7.45. The maximum atomic E-state index is 10.6. The summed E-state index contributed by atoms with van der Waals surface area (Å²) in [5.74, 6) is -0.0240. The molecule has 0 aliphatic carbocycles. The van der Waals surface area contributed by atoms with Crippen LogP contribution >= 0.6 is 31.9 Å². The minimum absolute atomic E-state index is 0.127. The quantitative estimate of drug-likeness (QED) is 0.668. The van der Waals surface area contributed by atoms with Crippen LogP contribution in [0.5, 0.6) is 5.75 Å². The number of ether oxygens (including phenoxy) is 1. The van der Waals surface area contributed by atoms with Crippen LogP contribution in [0, 0.1) is 0 Å². The van der Waals surface area contributed by atoms with Gasteiger partial charge in [-0.1, -0.05) is 0 Å². The first-order valence-electron chi connectivity index (χ1n) is 6.37. The monoisotopic (exact) mass is 407 g/mol. The van der Waals surface area contributed by atoms with Crippen LogP contribution in [-0.2, 0) is 11.2 Å². The Labute approximate surface area is 136 Å². The first-order chi connectivity index (χ1) is 9.40. The van der Waals surface area contributed by atoms with Crippen LogP contribution in [0.25, 0.3) is 0 Å². The van der Waals surface area contributed by atoms with Crippen LogP contribution in [0.1, 0.15) is 18.4 Å². The number of rotatable bonds is 8. The second kappa shape index (κ2) is 8.64. The van der Waals surface area contributed by atoms with Gasteiger partial charge < -0.3 is 14.7 Å². The van der Waals surface area contributed by atoms with E-state index in [4.69, 9.17) is 9.84 Å². The Morgan fingerprint density at radius 1 is 1.30 bits per heavy atom. The van der Waals surface area contributed by atoms with Crippen molar-refractivity contribution >= 4 is 37.8 Å². The number of nitrogens with zero attached hydrogens (tertiary/aromatic N) is 1. The molecule has 0 amide bonds. The highest BCUT2D eigenvalue weighted by Crippen LogP contribution is 2.35. The molecular weight excluding hydrogens is 390 g/mol. The molecule has 0 radical (unpaired) electrons. The predicted molar refractivity (Wildman–Crippen MR) is 86.5 cm³/mol. The van der Waals surface area contributed by atoms with Crippen molar-refractivity contribution in [1.29, 1.82) is 0 Å². The molecule has 0 unspecified atom stereocenters. The van der Waals surface area contributed by atoms with Gasteiger partial charge in [0.1, 0.15) is 5.75 Å². The van der Waals surface area contributed by atoms with Crippen molar-refractivity contribution in [3.05, 3.63) is 26.6 Å². The third-order valence-electron chi connectivity index (χ3n) is 2.68. The standard InChI is InChI=1S/C14H19Br2NO3/c1-17(2)6-3-7-20-14-11(15)8-10(9-12(14)16)4-5-13(18)19/h8-9H,3-7H2,1-2H3,(H,18,19). The molecule has 0 saturated carbocycles. The molecule has 6 heteroatoms. The minimum atomic E-state index is -0.791. The van der Waals surface area contributed by atoms with Gasteiger partial charge in [0.2, 0.25) is 0 Å². The Balaban J connectivity index is 2.61. The summed E-state index contributed by atoms with van der Waals surface area (Å²) in [7, 11) is 4.06. The van der Waals surface area contributed by atoms with E-state index >= 15 is 0 Å². The summed E-state index contributed by atoms with van der Waals surface area (Å²) in [4.78, 5) is 12.7. The molecular formula is C14H19Br2NO3. The van der Waals surface area contributed by atoms with Crippen LogP contribution in [0.2, 0.25) is 0 Å². The SMILES string of the molecule is CN(C)CCCOc1c(Br)cc(CCC(=O)O)cc1Br. The van der Waals surface area contributed by atoms with Crippen molar-refractivity contribution in [3.8, 4) is 5.75 Å². The number of benzene rings is 1. The Morgan fingerprint density at radius 3 is 2.40 bits per heavy atom. The number of halogens is 2. The molecule has 0 bridgehead atoms. The molecule has 0 aliphatic rings. The van der Waals surface area contributed by atoms with Crippen molar-refractivity contribution in [2.45, 2.75) is 19.3 Å². The summed E-state index contributed by atoms with van der Waals surface area (Å²) >= 11 is 6.95. The van der Waals surface area contributed by atoms with Gasteiger partial charge in [-0.3, -0.25) is 4.79 Å². The summed E-state index contributed by atoms with van der Waals surface area (Å²) in [5.41, 5.74) is 0.965. The molecule has 1 N–H and O–H groups in total. The molecule has 0 aromatic heterocycles. The lowest BCUT2D eigenvalue weighted by Gasteiger charge is -2.13. The van der Waals surface area contributed by atoms with Crippen LogP contribution in [0.4, 0.5) is 0 Å². The predicted octanol–water partition coefficient (Wildman–Crippen LogP) is 3.56. The number of carboxylic acids is 1. The van der Waals surface area contributed by atoms with Gasteiger partial charge in [-0.05, 0) is 76.5 Å². The number of hydrogen-bond acceptors (Lipinski definition) is 3. The number of hydrogen-bond donors (Lipinski definition) is 1. The summed E-state index contributed by atoms with van der Waals surface area (Å²) in [6.45, 7) is 1.62. The molecule has 0 saturated heterocycles. The molecule has 20 heavy (non-hydrogen) atoms. The molecule has 1 rings (SSSR count). The summed E-state index contributed by atoms with van der Waals surface area (Å²) in [6, 6.07) is 3.82. The number of aryl methyl sites for hydroxylation is 1. The lowest BCUT2D eigenvalue weighted by molar-refractivity contribution is -0.136. The van der Waals surface area contributed by atoms with Crippen LogP contribution < -0.4 is 4.74 Å². The van der Waals surface area contributed by atoms with Crippen molar-refractivity contribution < 1.29 is 14.6 Å². The van der Waals surface area contributed by atoms with E-state index in [-0.39, 0.29) is 6.42 Å². The summed E-state index contributed by atoms with van der Waals surface area (Å²) in [6.07, 6.45) is 1.59. The molecule has 0 heterocycles. The second-order valence-corrected chi connectivity index (χ2v) is 6.50. The van der Waals surface area contributed by atoms with Gasteiger partial charge in [0.25, 0.3) is 0 Å². The minimum Gasteiger partial charge on any atom is -0.491 e. The fourth-order valence-electron chi connectivity index (χ4n) is 1.70. The van der Waals surface area contributed by atoms with Crippen molar-refractivity contribution in [3.63, 3.8) is 0 Å².